The third kappa shape index (κ3) is 4.23. The fourth-order valence-corrected chi connectivity index (χ4v) is 10.2. The lowest BCUT2D eigenvalue weighted by Crippen LogP contribution is -2.56. The van der Waals surface area contributed by atoms with Crippen molar-refractivity contribution in [3.8, 4) is 0 Å². The third-order valence-corrected chi connectivity index (χ3v) is 12.0. The molecule has 10 atom stereocenters. The molecule has 0 saturated heterocycles. The first-order valence-corrected chi connectivity index (χ1v) is 14.3. The highest BCUT2D eigenvalue weighted by Gasteiger charge is 2.63. The van der Waals surface area contributed by atoms with E-state index in [9.17, 15) is 10.2 Å². The molecule has 4 aliphatic rings. The molecule has 0 unspecified atom stereocenters. The van der Waals surface area contributed by atoms with E-state index in [0.717, 1.165) is 73.5 Å². The van der Waals surface area contributed by atoms with Crippen LogP contribution in [0.5, 0.6) is 0 Å². The molecule has 0 heterocycles. The summed E-state index contributed by atoms with van der Waals surface area (Å²) in [5.74, 6) is 5.90. The van der Waals surface area contributed by atoms with Gasteiger partial charge in [-0.3, -0.25) is 0 Å². The van der Waals surface area contributed by atoms with Gasteiger partial charge in [0.1, 0.15) is 0 Å². The number of fused-ring (bicyclic) bond motifs is 5. The van der Waals surface area contributed by atoms with E-state index in [0.29, 0.717) is 10.8 Å². The van der Waals surface area contributed by atoms with Gasteiger partial charge in [0.2, 0.25) is 0 Å². The van der Waals surface area contributed by atoms with Gasteiger partial charge in [0.25, 0.3) is 0 Å². The molecule has 0 radical (unpaired) electrons. The summed E-state index contributed by atoms with van der Waals surface area (Å²) in [5.41, 5.74) is 0.0637. The Kier molecular flexibility index (Phi) is 6.68. The summed E-state index contributed by atoms with van der Waals surface area (Å²) in [6.45, 7) is 16.5. The molecule has 0 amide bonds. The van der Waals surface area contributed by atoms with Crippen LogP contribution >= 0.6 is 0 Å². The van der Waals surface area contributed by atoms with E-state index in [1.807, 2.05) is 13.8 Å². The Hall–Kier alpha value is -0.0800. The predicted molar refractivity (Wildman–Crippen MR) is 134 cm³/mol. The maximum atomic E-state index is 11.1. The summed E-state index contributed by atoms with van der Waals surface area (Å²) in [6, 6.07) is 0. The number of aliphatic hydroxyl groups is 2. The summed E-state index contributed by atoms with van der Waals surface area (Å²) in [4.78, 5) is 0. The SMILES string of the molecule is CC[C@]1(O)CC[C@@]2(C)[C@@H](CC[C@H]3[C@@H]4[C@@H](C)C[C@H]([C@H](C)CCCC(C)(C)O)[C@@]4(C)CC[C@@H]32)C1. The first-order chi connectivity index (χ1) is 14.8. The molecule has 186 valence electrons. The molecule has 0 bridgehead atoms. The molecular formula is C30H54O2. The van der Waals surface area contributed by atoms with Crippen LogP contribution in [0.2, 0.25) is 0 Å². The first kappa shape index (κ1) is 25.0. The normalized spacial score (nSPS) is 49.8. The Labute approximate surface area is 199 Å². The lowest BCUT2D eigenvalue weighted by atomic mass is 9.43. The molecule has 0 aromatic heterocycles. The second-order valence-electron chi connectivity index (χ2n) is 14.4. The van der Waals surface area contributed by atoms with Gasteiger partial charge < -0.3 is 10.2 Å². The minimum atomic E-state index is -0.523. The van der Waals surface area contributed by atoms with E-state index in [1.165, 1.54) is 44.9 Å². The summed E-state index contributed by atoms with van der Waals surface area (Å²) in [7, 11) is 0. The Balaban J connectivity index is 1.49. The van der Waals surface area contributed by atoms with Crippen molar-refractivity contribution in [2.45, 2.75) is 137 Å². The maximum absolute atomic E-state index is 11.1. The van der Waals surface area contributed by atoms with Crippen molar-refractivity contribution in [1.29, 1.82) is 0 Å². The minimum absolute atomic E-state index is 0.384. The third-order valence-electron chi connectivity index (χ3n) is 12.0. The van der Waals surface area contributed by atoms with Gasteiger partial charge in [0.05, 0.1) is 11.2 Å². The topological polar surface area (TPSA) is 40.5 Å². The van der Waals surface area contributed by atoms with Gasteiger partial charge in [-0.25, -0.2) is 0 Å². The fourth-order valence-electron chi connectivity index (χ4n) is 10.2. The van der Waals surface area contributed by atoms with Gasteiger partial charge in [0, 0.05) is 0 Å². The molecule has 0 spiro atoms. The van der Waals surface area contributed by atoms with Crippen LogP contribution in [0.25, 0.3) is 0 Å². The lowest BCUT2D eigenvalue weighted by molar-refractivity contribution is -0.156. The zero-order valence-corrected chi connectivity index (χ0v) is 22.4. The van der Waals surface area contributed by atoms with Crippen LogP contribution < -0.4 is 0 Å². The van der Waals surface area contributed by atoms with Gasteiger partial charge in [-0.1, -0.05) is 47.5 Å². The zero-order valence-electron chi connectivity index (χ0n) is 22.4. The molecule has 0 aliphatic heterocycles. The van der Waals surface area contributed by atoms with E-state index >= 15 is 0 Å². The molecule has 32 heavy (non-hydrogen) atoms. The summed E-state index contributed by atoms with van der Waals surface area (Å²) < 4.78 is 0. The van der Waals surface area contributed by atoms with Crippen molar-refractivity contribution in [2.24, 2.45) is 52.3 Å². The van der Waals surface area contributed by atoms with Crippen LogP contribution in [0.4, 0.5) is 0 Å². The largest absolute Gasteiger partial charge is 0.390 e. The predicted octanol–water partition coefficient (Wildman–Crippen LogP) is 7.61. The average Bonchev–Trinajstić information content (AvgIpc) is 2.98. The van der Waals surface area contributed by atoms with Crippen molar-refractivity contribution >= 4 is 0 Å². The smallest absolute Gasteiger partial charge is 0.0648 e. The minimum Gasteiger partial charge on any atom is -0.390 e. The van der Waals surface area contributed by atoms with E-state index in [-0.39, 0.29) is 5.60 Å². The highest BCUT2D eigenvalue weighted by molar-refractivity contribution is 5.12. The molecule has 0 aromatic rings. The van der Waals surface area contributed by atoms with E-state index in [1.54, 1.807) is 0 Å². The van der Waals surface area contributed by atoms with Crippen LogP contribution in [0, 0.1) is 52.3 Å². The zero-order chi connectivity index (χ0) is 23.5. The molecule has 4 saturated carbocycles. The summed E-state index contributed by atoms with van der Waals surface area (Å²) in [6.07, 6.45) is 14.6. The number of hydrogen-bond acceptors (Lipinski definition) is 2. The van der Waals surface area contributed by atoms with Crippen molar-refractivity contribution in [3.05, 3.63) is 0 Å². The maximum Gasteiger partial charge on any atom is 0.0648 e. The molecule has 4 fully saturated rings. The number of rotatable bonds is 6. The van der Waals surface area contributed by atoms with Gasteiger partial charge >= 0.3 is 0 Å². The summed E-state index contributed by atoms with van der Waals surface area (Å²) >= 11 is 0. The van der Waals surface area contributed by atoms with Gasteiger partial charge in [0.15, 0.2) is 0 Å². The van der Waals surface area contributed by atoms with Crippen LogP contribution in [-0.4, -0.2) is 21.4 Å². The van der Waals surface area contributed by atoms with Crippen LogP contribution in [-0.2, 0) is 0 Å². The Bertz CT molecular complexity index is 666. The standard InChI is InChI=1S/C30H54O2/c1-8-30(32)17-16-28(6)22(19-30)11-12-23-24(28)13-15-29(7)25(18-21(3)26(23)29)20(2)10-9-14-27(4,5)31/h20-26,31-32H,8-19H2,1-7H3/t20-,21+,22+,23-,24+,25-,26+,28+,29-,30+/m1/s1. The fraction of sp³-hybridized carbons (Fsp3) is 1.00. The molecule has 0 aromatic carbocycles. The second kappa shape index (κ2) is 8.54. The first-order valence-electron chi connectivity index (χ1n) is 14.3. The Morgan fingerprint density at radius 3 is 2.41 bits per heavy atom. The van der Waals surface area contributed by atoms with Gasteiger partial charge in [-0.15, -0.1) is 0 Å². The van der Waals surface area contributed by atoms with Crippen molar-refractivity contribution in [3.63, 3.8) is 0 Å². The highest BCUT2D eigenvalue weighted by atomic mass is 16.3. The molecule has 2 N–H and O–H groups in total. The van der Waals surface area contributed by atoms with Crippen molar-refractivity contribution in [1.82, 2.24) is 0 Å². The van der Waals surface area contributed by atoms with Crippen molar-refractivity contribution in [2.75, 3.05) is 0 Å². The number of hydrogen-bond donors (Lipinski definition) is 2. The van der Waals surface area contributed by atoms with Crippen LogP contribution in [0.3, 0.4) is 0 Å². The van der Waals surface area contributed by atoms with Gasteiger partial charge in [-0.05, 0) is 130 Å². The van der Waals surface area contributed by atoms with Crippen molar-refractivity contribution < 1.29 is 10.2 Å². The lowest BCUT2D eigenvalue weighted by Gasteiger charge is -2.62. The quantitative estimate of drug-likeness (QED) is 0.441. The summed E-state index contributed by atoms with van der Waals surface area (Å²) in [5, 5.41) is 21.2. The highest BCUT2D eigenvalue weighted by Crippen LogP contribution is 2.70. The second-order valence-corrected chi connectivity index (χ2v) is 14.4. The molecule has 4 aliphatic carbocycles. The van der Waals surface area contributed by atoms with E-state index in [4.69, 9.17) is 0 Å². The average molecular weight is 447 g/mol. The van der Waals surface area contributed by atoms with Crippen LogP contribution in [0.1, 0.15) is 126 Å². The van der Waals surface area contributed by atoms with Crippen LogP contribution in [0.15, 0.2) is 0 Å². The molecule has 4 rings (SSSR count). The molecule has 2 nitrogen and oxygen atoms in total. The van der Waals surface area contributed by atoms with E-state index < -0.39 is 5.60 Å². The van der Waals surface area contributed by atoms with E-state index in [2.05, 4.69) is 34.6 Å². The monoisotopic (exact) mass is 446 g/mol. The Morgan fingerprint density at radius 1 is 1.03 bits per heavy atom. The van der Waals surface area contributed by atoms with Gasteiger partial charge in [-0.2, -0.15) is 0 Å². The Morgan fingerprint density at radius 2 is 1.75 bits per heavy atom. The molecular weight excluding hydrogens is 392 g/mol. The molecule has 2 heteroatoms.